The third-order valence-electron chi connectivity index (χ3n) is 8.95. The molecule has 6 aromatic rings. The summed E-state index contributed by atoms with van der Waals surface area (Å²) in [5.41, 5.74) is 5.58. The summed E-state index contributed by atoms with van der Waals surface area (Å²) in [6.45, 7) is 11.1. The van der Waals surface area contributed by atoms with E-state index in [1.165, 1.54) is 0 Å². The molecule has 56 heavy (non-hydrogen) atoms. The summed E-state index contributed by atoms with van der Waals surface area (Å²) in [5, 5.41) is 7.56. The molecule has 0 aliphatic carbocycles. The van der Waals surface area contributed by atoms with Gasteiger partial charge in [-0.05, 0) is 102 Å². The Labute approximate surface area is 329 Å². The Morgan fingerprint density at radius 2 is 0.875 bits per heavy atom. The van der Waals surface area contributed by atoms with Crippen molar-refractivity contribution in [3.63, 3.8) is 0 Å². The van der Waals surface area contributed by atoms with Gasteiger partial charge in [-0.15, -0.1) is 0 Å². The third-order valence-corrected chi connectivity index (χ3v) is 11.9. The van der Waals surface area contributed by atoms with Crippen LogP contribution in [0.15, 0.2) is 119 Å². The Morgan fingerprint density at radius 3 is 1.21 bits per heavy atom. The van der Waals surface area contributed by atoms with Crippen molar-refractivity contribution in [2.75, 3.05) is 0 Å². The molecule has 0 radical (unpaired) electrons. The maximum absolute atomic E-state index is 12.8. The second kappa shape index (κ2) is 18.1. The molecule has 2 aromatic heterocycles. The van der Waals surface area contributed by atoms with E-state index < -0.39 is 32.1 Å². The van der Waals surface area contributed by atoms with Crippen LogP contribution in [0, 0.1) is 13.8 Å². The molecule has 0 saturated heterocycles. The number of carbonyl (C=O) groups excluding carboxylic acids is 2. The molecule has 2 heterocycles. The van der Waals surface area contributed by atoms with Crippen LogP contribution in [0.2, 0.25) is 0 Å². The minimum absolute atomic E-state index is 0.0955. The first kappa shape index (κ1) is 41.9. The molecule has 4 aromatic carbocycles. The number of sulfonamides is 2. The lowest BCUT2D eigenvalue weighted by molar-refractivity contribution is -0.124. The first-order chi connectivity index (χ1) is 26.5. The molecule has 296 valence electrons. The molecule has 0 saturated carbocycles. The van der Waals surface area contributed by atoms with Crippen LogP contribution in [0.5, 0.6) is 0 Å². The van der Waals surface area contributed by atoms with Crippen LogP contribution in [0.3, 0.4) is 0 Å². The zero-order valence-electron chi connectivity index (χ0n) is 32.4. The fraction of sp³-hybridized carbons (Fsp3) is 0.286. The number of hydrogen-bond donors (Lipinski definition) is 6. The summed E-state index contributed by atoms with van der Waals surface area (Å²) in [5.74, 6) is -0.702. The maximum atomic E-state index is 12.8. The van der Waals surface area contributed by atoms with Gasteiger partial charge in [0.15, 0.2) is 0 Å². The maximum Gasteiger partial charge on any atom is 0.241 e. The Bertz CT molecular complexity index is 2310. The third kappa shape index (κ3) is 10.9. The molecule has 0 spiro atoms. The summed E-state index contributed by atoms with van der Waals surface area (Å²) in [6, 6.07) is 26.5. The lowest BCUT2D eigenvalue weighted by Gasteiger charge is -2.20. The van der Waals surface area contributed by atoms with Crippen molar-refractivity contribution in [3.8, 4) is 0 Å². The van der Waals surface area contributed by atoms with Gasteiger partial charge in [0, 0.05) is 46.3 Å². The lowest BCUT2D eigenvalue weighted by Crippen LogP contribution is -2.49. The summed E-state index contributed by atoms with van der Waals surface area (Å²) in [7, 11) is -7.67. The number of hydrogen-bond acceptors (Lipinski definition) is 6. The van der Waals surface area contributed by atoms with E-state index in [9.17, 15) is 26.4 Å². The first-order valence-electron chi connectivity index (χ1n) is 18.4. The van der Waals surface area contributed by atoms with E-state index in [-0.39, 0.29) is 46.5 Å². The molecule has 0 aliphatic rings. The van der Waals surface area contributed by atoms with E-state index >= 15 is 0 Å². The summed E-state index contributed by atoms with van der Waals surface area (Å²) in [6.07, 6.45) is 4.13. The number of rotatable bonds is 14. The fourth-order valence-corrected chi connectivity index (χ4v) is 8.52. The van der Waals surface area contributed by atoms with E-state index in [1.54, 1.807) is 48.5 Å². The van der Waals surface area contributed by atoms with Crippen molar-refractivity contribution in [1.29, 1.82) is 0 Å². The average molecular weight is 799 g/mol. The second-order valence-corrected chi connectivity index (χ2v) is 17.9. The first-order valence-corrected chi connectivity index (χ1v) is 21.4. The highest BCUT2D eigenvalue weighted by atomic mass is 32.2. The molecule has 2 amide bonds. The monoisotopic (exact) mass is 798 g/mol. The predicted octanol–water partition coefficient (Wildman–Crippen LogP) is 5.78. The van der Waals surface area contributed by atoms with Crippen LogP contribution < -0.4 is 20.1 Å². The van der Waals surface area contributed by atoms with E-state index in [1.807, 2.05) is 102 Å². The van der Waals surface area contributed by atoms with Gasteiger partial charge in [0.2, 0.25) is 31.9 Å². The highest BCUT2D eigenvalue weighted by Gasteiger charge is 2.29. The Kier molecular flexibility index (Phi) is 13.5. The van der Waals surface area contributed by atoms with Gasteiger partial charge in [-0.25, -0.2) is 16.8 Å². The van der Waals surface area contributed by atoms with Crippen molar-refractivity contribution in [1.82, 2.24) is 30.0 Å². The van der Waals surface area contributed by atoms with Gasteiger partial charge < -0.3 is 20.6 Å². The lowest BCUT2D eigenvalue weighted by atomic mass is 10.0. The van der Waals surface area contributed by atoms with Crippen molar-refractivity contribution in [2.24, 2.45) is 0 Å². The van der Waals surface area contributed by atoms with E-state index in [2.05, 4.69) is 30.0 Å². The summed E-state index contributed by atoms with van der Waals surface area (Å²) < 4.78 is 56.5. The number of fused-ring (bicyclic) bond motifs is 2. The zero-order chi connectivity index (χ0) is 40.6. The molecule has 0 unspecified atom stereocenters. The quantitative estimate of drug-likeness (QED) is 0.0813. The van der Waals surface area contributed by atoms with Gasteiger partial charge in [0.05, 0.1) is 9.79 Å². The number of benzene rings is 4. The standard InChI is InChI=1S/2C21H25N3O3S/c2*1-14(2)23-21(25)20(12-16-13-22-19-7-5-4-6-18(16)19)24-28(26,27)17-10-8-15(3)9-11-17/h2*4-11,13-14,20,22,24H,12H2,1-3H3,(H,23,25)/t2*20-/m00/s1. The largest absolute Gasteiger partial charge is 0.361 e. The highest BCUT2D eigenvalue weighted by molar-refractivity contribution is 7.89. The van der Waals surface area contributed by atoms with Gasteiger partial charge in [0.25, 0.3) is 0 Å². The average Bonchev–Trinajstić information content (AvgIpc) is 3.75. The van der Waals surface area contributed by atoms with Crippen molar-refractivity contribution >= 4 is 53.7 Å². The molecule has 2 atom stereocenters. The highest BCUT2D eigenvalue weighted by Crippen LogP contribution is 2.22. The summed E-state index contributed by atoms with van der Waals surface area (Å²) in [4.78, 5) is 32.1. The van der Waals surface area contributed by atoms with Gasteiger partial charge in [-0.2, -0.15) is 9.44 Å². The van der Waals surface area contributed by atoms with Gasteiger partial charge >= 0.3 is 0 Å². The smallest absolute Gasteiger partial charge is 0.241 e. The van der Waals surface area contributed by atoms with Crippen molar-refractivity contribution in [2.45, 2.75) is 88.3 Å². The Balaban J connectivity index is 0.000000214. The molecule has 0 bridgehead atoms. The molecular formula is C42H50N6O6S2. The SMILES string of the molecule is Cc1ccc(S(=O)(=O)N[C@@H](Cc2c[nH]c3ccccc23)C(=O)NC(C)C)cc1.Cc1ccc(S(=O)(=O)N[C@@H](Cc2c[nH]c3ccccc23)C(=O)NC(C)C)cc1. The number of carbonyl (C=O) groups is 2. The minimum atomic E-state index is -3.83. The Hall–Kier alpha value is -5.28. The molecule has 12 nitrogen and oxygen atoms in total. The topological polar surface area (TPSA) is 182 Å². The number of aryl methyl sites for hydroxylation is 2. The van der Waals surface area contributed by atoms with Crippen LogP contribution in [-0.2, 0) is 42.5 Å². The van der Waals surface area contributed by atoms with E-state index in [0.717, 1.165) is 44.1 Å². The molecule has 0 aliphatic heterocycles. The normalized spacial score (nSPS) is 13.0. The molecule has 14 heteroatoms. The number of aromatic amines is 2. The second-order valence-electron chi connectivity index (χ2n) is 14.4. The van der Waals surface area contributed by atoms with Gasteiger partial charge in [-0.3, -0.25) is 9.59 Å². The van der Waals surface area contributed by atoms with Crippen molar-refractivity contribution < 1.29 is 26.4 Å². The van der Waals surface area contributed by atoms with Gasteiger partial charge in [-0.1, -0.05) is 71.8 Å². The zero-order valence-corrected chi connectivity index (χ0v) is 34.0. The fourth-order valence-electron chi connectivity index (χ4n) is 6.13. The van der Waals surface area contributed by atoms with Gasteiger partial charge in [0.1, 0.15) is 12.1 Å². The van der Waals surface area contributed by atoms with E-state index in [4.69, 9.17) is 0 Å². The number of amides is 2. The predicted molar refractivity (Wildman–Crippen MR) is 221 cm³/mol. The number of nitrogens with one attached hydrogen (secondary N) is 6. The van der Waals surface area contributed by atoms with Crippen LogP contribution in [0.25, 0.3) is 21.8 Å². The molecule has 0 fully saturated rings. The van der Waals surface area contributed by atoms with Crippen LogP contribution in [0.1, 0.15) is 49.9 Å². The molecular weight excluding hydrogens is 749 g/mol. The number of aromatic nitrogens is 2. The molecule has 6 N–H and O–H groups in total. The van der Waals surface area contributed by atoms with Crippen LogP contribution in [-0.4, -0.2) is 62.8 Å². The van der Waals surface area contributed by atoms with Crippen LogP contribution >= 0.6 is 0 Å². The molecule has 6 rings (SSSR count). The Morgan fingerprint density at radius 1 is 0.536 bits per heavy atom. The number of H-pyrrole nitrogens is 2. The minimum Gasteiger partial charge on any atom is -0.361 e. The summed E-state index contributed by atoms with van der Waals surface area (Å²) >= 11 is 0. The van der Waals surface area contributed by atoms with Crippen LogP contribution in [0.4, 0.5) is 0 Å². The number of para-hydroxylation sites is 2. The van der Waals surface area contributed by atoms with Crippen molar-refractivity contribution in [3.05, 3.63) is 132 Å². The van der Waals surface area contributed by atoms with E-state index in [0.29, 0.717) is 0 Å².